The summed E-state index contributed by atoms with van der Waals surface area (Å²) in [6, 6.07) is 13.0. The Morgan fingerprint density at radius 1 is 0.826 bits per heavy atom. The van der Waals surface area contributed by atoms with Gasteiger partial charge in [-0.1, -0.05) is 27.7 Å². The molecule has 0 aliphatic heterocycles. The highest BCUT2D eigenvalue weighted by Crippen LogP contribution is 2.22. The molecule has 0 saturated carbocycles. The molecule has 0 aliphatic carbocycles. The van der Waals surface area contributed by atoms with E-state index >= 15 is 0 Å². The highest BCUT2D eigenvalue weighted by atomic mass is 16.6. The maximum atomic E-state index is 10.5. The molecule has 0 bridgehead atoms. The van der Waals surface area contributed by atoms with Gasteiger partial charge in [0.15, 0.2) is 0 Å². The molecule has 2 rings (SSSR count). The fourth-order valence-corrected chi connectivity index (χ4v) is 1.41. The van der Waals surface area contributed by atoms with Crippen LogP contribution >= 0.6 is 0 Å². The van der Waals surface area contributed by atoms with Crippen LogP contribution in [0.1, 0.15) is 27.7 Å². The van der Waals surface area contributed by atoms with E-state index in [1.807, 2.05) is 27.7 Å². The summed E-state index contributed by atoms with van der Waals surface area (Å²) in [4.78, 5) is 10.0. The SMILES string of the molecule is CC.CC.COc1ccc(N=Nc2ccc([N+](=O)[O-])cc2)cc1. The molecule has 2 aromatic carbocycles. The van der Waals surface area contributed by atoms with E-state index < -0.39 is 4.92 Å². The van der Waals surface area contributed by atoms with Crippen molar-refractivity contribution in [2.75, 3.05) is 7.11 Å². The van der Waals surface area contributed by atoms with Crippen molar-refractivity contribution >= 4 is 17.1 Å². The predicted octanol–water partition coefficient (Wildman–Crippen LogP) is 6.07. The molecular formula is C17H23N3O3. The molecule has 0 aliphatic rings. The number of nitro benzene ring substituents is 1. The zero-order valence-corrected chi connectivity index (χ0v) is 14.2. The minimum Gasteiger partial charge on any atom is -0.497 e. The van der Waals surface area contributed by atoms with E-state index in [9.17, 15) is 10.1 Å². The van der Waals surface area contributed by atoms with Gasteiger partial charge in [0.2, 0.25) is 0 Å². The second-order valence-electron chi connectivity index (χ2n) is 3.67. The Hall–Kier alpha value is -2.76. The summed E-state index contributed by atoms with van der Waals surface area (Å²) >= 11 is 0. The van der Waals surface area contributed by atoms with Crippen LogP contribution in [0.25, 0.3) is 0 Å². The molecule has 0 saturated heterocycles. The summed E-state index contributed by atoms with van der Waals surface area (Å²) in [7, 11) is 1.59. The molecule has 0 heterocycles. The average molecular weight is 317 g/mol. The van der Waals surface area contributed by atoms with E-state index in [0.717, 1.165) is 5.75 Å². The molecule has 23 heavy (non-hydrogen) atoms. The Kier molecular flexibility index (Phi) is 10.4. The van der Waals surface area contributed by atoms with E-state index in [-0.39, 0.29) is 5.69 Å². The van der Waals surface area contributed by atoms with Crippen molar-refractivity contribution in [2.24, 2.45) is 10.2 Å². The van der Waals surface area contributed by atoms with Gasteiger partial charge in [0.25, 0.3) is 5.69 Å². The Labute approximate surface area is 137 Å². The van der Waals surface area contributed by atoms with Gasteiger partial charge >= 0.3 is 0 Å². The minimum atomic E-state index is -0.454. The maximum absolute atomic E-state index is 10.5. The van der Waals surface area contributed by atoms with E-state index in [1.54, 1.807) is 43.5 Å². The van der Waals surface area contributed by atoms with Crippen LogP contribution in [-0.2, 0) is 0 Å². The number of hydrogen-bond acceptors (Lipinski definition) is 5. The highest BCUT2D eigenvalue weighted by Gasteiger charge is 2.02. The highest BCUT2D eigenvalue weighted by molar-refractivity contribution is 5.45. The van der Waals surface area contributed by atoms with Crippen molar-refractivity contribution in [2.45, 2.75) is 27.7 Å². The van der Waals surface area contributed by atoms with Gasteiger partial charge in [-0.15, -0.1) is 0 Å². The number of rotatable bonds is 4. The van der Waals surface area contributed by atoms with Gasteiger partial charge in [0, 0.05) is 12.1 Å². The fraction of sp³-hybridized carbons (Fsp3) is 0.294. The first-order chi connectivity index (χ1) is 11.2. The number of azo groups is 1. The lowest BCUT2D eigenvalue weighted by Gasteiger charge is -1.98. The number of non-ortho nitro benzene ring substituents is 1. The Morgan fingerprint density at radius 2 is 1.22 bits per heavy atom. The first-order valence-corrected chi connectivity index (χ1v) is 7.49. The number of methoxy groups -OCH3 is 1. The minimum absolute atomic E-state index is 0.0309. The molecule has 6 nitrogen and oxygen atoms in total. The fourth-order valence-electron chi connectivity index (χ4n) is 1.41. The Bertz CT molecular complexity index is 593. The van der Waals surface area contributed by atoms with E-state index in [4.69, 9.17) is 4.74 Å². The molecule has 2 aromatic rings. The van der Waals surface area contributed by atoms with Crippen molar-refractivity contribution in [3.8, 4) is 5.75 Å². The Balaban J connectivity index is 0.00000112. The first kappa shape index (κ1) is 20.2. The first-order valence-electron chi connectivity index (χ1n) is 7.49. The van der Waals surface area contributed by atoms with Crippen LogP contribution in [0.5, 0.6) is 5.75 Å². The van der Waals surface area contributed by atoms with Crippen LogP contribution in [0.15, 0.2) is 58.8 Å². The van der Waals surface area contributed by atoms with Crippen LogP contribution in [0, 0.1) is 10.1 Å². The largest absolute Gasteiger partial charge is 0.497 e. The lowest BCUT2D eigenvalue weighted by Crippen LogP contribution is -1.85. The summed E-state index contributed by atoms with van der Waals surface area (Å²) in [5, 5.41) is 18.5. The van der Waals surface area contributed by atoms with Crippen LogP contribution in [-0.4, -0.2) is 12.0 Å². The van der Waals surface area contributed by atoms with Crippen molar-refractivity contribution in [3.63, 3.8) is 0 Å². The van der Waals surface area contributed by atoms with Crippen LogP contribution in [0.2, 0.25) is 0 Å². The lowest BCUT2D eigenvalue weighted by atomic mass is 10.3. The number of nitrogens with zero attached hydrogens (tertiary/aromatic N) is 3. The molecular weight excluding hydrogens is 294 g/mol. The summed E-state index contributed by atoms with van der Waals surface area (Å²) in [6.45, 7) is 8.00. The number of hydrogen-bond donors (Lipinski definition) is 0. The maximum Gasteiger partial charge on any atom is 0.269 e. The quantitative estimate of drug-likeness (QED) is 0.390. The van der Waals surface area contributed by atoms with Gasteiger partial charge in [0.1, 0.15) is 5.75 Å². The summed E-state index contributed by atoms with van der Waals surface area (Å²) in [6.07, 6.45) is 0. The molecule has 6 heteroatoms. The van der Waals surface area contributed by atoms with Gasteiger partial charge in [-0.05, 0) is 36.4 Å². The third-order valence-corrected chi connectivity index (χ3v) is 2.41. The van der Waals surface area contributed by atoms with Crippen molar-refractivity contribution in [3.05, 3.63) is 58.6 Å². The molecule has 0 spiro atoms. The molecule has 0 amide bonds. The van der Waals surface area contributed by atoms with Crippen LogP contribution < -0.4 is 4.74 Å². The van der Waals surface area contributed by atoms with Gasteiger partial charge in [-0.3, -0.25) is 10.1 Å². The molecule has 0 N–H and O–H groups in total. The van der Waals surface area contributed by atoms with Gasteiger partial charge < -0.3 is 4.74 Å². The number of benzene rings is 2. The summed E-state index contributed by atoms with van der Waals surface area (Å²) in [5.74, 6) is 0.745. The van der Waals surface area contributed by atoms with E-state index in [2.05, 4.69) is 10.2 Å². The molecule has 0 aromatic heterocycles. The van der Waals surface area contributed by atoms with Crippen molar-refractivity contribution in [1.29, 1.82) is 0 Å². The predicted molar refractivity (Wildman–Crippen MR) is 93.0 cm³/mol. The molecule has 0 atom stereocenters. The van der Waals surface area contributed by atoms with Crippen LogP contribution in [0.4, 0.5) is 17.1 Å². The Morgan fingerprint density at radius 3 is 1.57 bits per heavy atom. The summed E-state index contributed by atoms with van der Waals surface area (Å²) < 4.78 is 5.03. The second-order valence-corrected chi connectivity index (χ2v) is 3.67. The summed E-state index contributed by atoms with van der Waals surface area (Å²) in [5.41, 5.74) is 1.27. The zero-order valence-electron chi connectivity index (χ0n) is 14.2. The van der Waals surface area contributed by atoms with Gasteiger partial charge in [0.05, 0.1) is 23.4 Å². The van der Waals surface area contributed by atoms with Crippen LogP contribution in [0.3, 0.4) is 0 Å². The van der Waals surface area contributed by atoms with Crippen molar-refractivity contribution in [1.82, 2.24) is 0 Å². The van der Waals surface area contributed by atoms with E-state index in [1.165, 1.54) is 12.1 Å². The number of nitro groups is 1. The normalized spacial score (nSPS) is 9.26. The standard InChI is InChI=1S/C13H11N3O3.2C2H6/c1-19-13-8-4-11(5-9-13)15-14-10-2-6-12(7-3-10)16(17)18;2*1-2/h2-9H,1H3;2*1-2H3. The molecule has 124 valence electrons. The average Bonchev–Trinajstić information content (AvgIpc) is 2.64. The smallest absolute Gasteiger partial charge is 0.269 e. The van der Waals surface area contributed by atoms with E-state index in [0.29, 0.717) is 11.4 Å². The molecule has 0 radical (unpaired) electrons. The van der Waals surface area contributed by atoms with Crippen molar-refractivity contribution < 1.29 is 9.66 Å². The second kappa shape index (κ2) is 11.9. The monoisotopic (exact) mass is 317 g/mol. The molecule has 0 unspecified atom stereocenters. The topological polar surface area (TPSA) is 77.1 Å². The lowest BCUT2D eigenvalue weighted by molar-refractivity contribution is -0.384. The molecule has 0 fully saturated rings. The number of ether oxygens (including phenoxy) is 1. The third kappa shape index (κ3) is 7.17. The zero-order chi connectivity index (χ0) is 17.7. The van der Waals surface area contributed by atoms with Gasteiger partial charge in [-0.2, -0.15) is 10.2 Å². The third-order valence-electron chi connectivity index (χ3n) is 2.41. The van der Waals surface area contributed by atoms with Gasteiger partial charge in [-0.25, -0.2) is 0 Å².